The van der Waals surface area contributed by atoms with Crippen LogP contribution in [-0.4, -0.2) is 0 Å². The van der Waals surface area contributed by atoms with Gasteiger partial charge < -0.3 is 0 Å². The zero-order valence-electron chi connectivity index (χ0n) is 15.3. The zero-order chi connectivity index (χ0) is 18.5. The molecule has 1 atom stereocenters. The van der Waals surface area contributed by atoms with Crippen molar-refractivity contribution in [2.75, 3.05) is 0 Å². The number of benzene rings is 2. The Balaban J connectivity index is 1.93. The normalized spacial score (nSPS) is 15.7. The number of rotatable bonds is 8. The summed E-state index contributed by atoms with van der Waals surface area (Å²) in [6, 6.07) is 15.1. The molecule has 0 fully saturated rings. The number of unbranched alkanes of at least 4 members (excludes halogenated alkanes) is 3. The van der Waals surface area contributed by atoms with Crippen LogP contribution in [0.25, 0.3) is 17.2 Å². The van der Waals surface area contributed by atoms with E-state index in [2.05, 4.69) is 55.5 Å². The first-order valence-corrected chi connectivity index (χ1v) is 17.2. The summed E-state index contributed by atoms with van der Waals surface area (Å²) in [6.07, 6.45) is 8.58. The number of hydrogen-bond acceptors (Lipinski definition) is 1. The summed E-state index contributed by atoms with van der Waals surface area (Å²) in [5.74, 6) is 0. The summed E-state index contributed by atoms with van der Waals surface area (Å²) in [7, 11) is 13.2. The second-order valence-electron chi connectivity index (χ2n) is 6.96. The van der Waals surface area contributed by atoms with E-state index in [0.29, 0.717) is 10.2 Å². The molecule has 0 aliphatic heterocycles. The molecule has 2 aromatic carbocycles. The van der Waals surface area contributed by atoms with E-state index in [1.165, 1.54) is 53.5 Å². The average Bonchev–Trinajstić information content (AvgIpc) is 3.04. The van der Waals surface area contributed by atoms with Crippen molar-refractivity contribution < 1.29 is 19.4 Å². The molecule has 137 valence electrons. The van der Waals surface area contributed by atoms with Gasteiger partial charge >= 0.3 is 173 Å². The minimum atomic E-state index is -2.44. The van der Waals surface area contributed by atoms with Crippen molar-refractivity contribution >= 4 is 23.1 Å². The van der Waals surface area contributed by atoms with Gasteiger partial charge in [0.15, 0.2) is 0 Å². The van der Waals surface area contributed by atoms with E-state index in [1.807, 2.05) is 0 Å². The van der Waals surface area contributed by atoms with Crippen LogP contribution in [0.4, 0.5) is 0 Å². The molecule has 0 saturated heterocycles. The summed E-state index contributed by atoms with van der Waals surface area (Å²) < 4.78 is 0.306. The number of halogens is 2. The van der Waals surface area contributed by atoms with Gasteiger partial charge in [0.25, 0.3) is 0 Å². The standard InChI is InChI=1S/C22H26N.2ClH.Zr/c1-2-3-4-5-7-18-14-20-8-6-9-21(22(20)15-18)19-12-10-17(16-23)11-13-19;;;/h6,8-15H,2-5,7,16,23H2,1H3;2*1H;/q;;;+2/p-2. The Hall–Kier alpha value is -0.397. The van der Waals surface area contributed by atoms with Gasteiger partial charge in [-0.15, -0.1) is 0 Å². The summed E-state index contributed by atoms with van der Waals surface area (Å²) in [6.45, 7) is 2.82. The summed E-state index contributed by atoms with van der Waals surface area (Å²) in [5, 5.41) is 0. The molecule has 0 bridgehead atoms. The third kappa shape index (κ3) is 4.53. The summed E-state index contributed by atoms with van der Waals surface area (Å²) in [4.78, 5) is 0. The van der Waals surface area contributed by atoms with E-state index < -0.39 is 19.4 Å². The minimum absolute atomic E-state index is 0.306. The van der Waals surface area contributed by atoms with Crippen LogP contribution in [0.5, 0.6) is 0 Å². The summed E-state index contributed by atoms with van der Waals surface area (Å²) >= 11 is -2.44. The molecule has 1 nitrogen and oxygen atoms in total. The Morgan fingerprint density at radius 2 is 1.77 bits per heavy atom. The van der Waals surface area contributed by atoms with Gasteiger partial charge in [0.05, 0.1) is 0 Å². The fraction of sp³-hybridized carbons (Fsp3) is 0.364. The molecule has 0 radical (unpaired) electrons. The molecule has 0 saturated carbocycles. The Morgan fingerprint density at radius 1 is 1.00 bits per heavy atom. The number of allylic oxidation sites excluding steroid dienone is 1. The predicted molar refractivity (Wildman–Crippen MR) is 111 cm³/mol. The first-order valence-electron chi connectivity index (χ1n) is 9.46. The second-order valence-corrected chi connectivity index (χ2v) is 15.8. The molecule has 1 aliphatic carbocycles. The van der Waals surface area contributed by atoms with Gasteiger partial charge in [-0.2, -0.15) is 0 Å². The van der Waals surface area contributed by atoms with Crippen molar-refractivity contribution in [1.29, 1.82) is 0 Å². The molecule has 4 heteroatoms. The Morgan fingerprint density at radius 3 is 2.42 bits per heavy atom. The van der Waals surface area contributed by atoms with E-state index in [9.17, 15) is 0 Å². The summed E-state index contributed by atoms with van der Waals surface area (Å²) in [5.41, 5.74) is 13.5. The Labute approximate surface area is 172 Å². The SMILES string of the molecule is CCCCCCC1=Cc2c(-c3ccc(CN)cc3)cccc2[CH]1[Zr]([Cl])[Cl]. The maximum absolute atomic E-state index is 6.59. The van der Waals surface area contributed by atoms with Crippen LogP contribution in [0.15, 0.2) is 48.0 Å². The van der Waals surface area contributed by atoms with Crippen molar-refractivity contribution in [3.8, 4) is 11.1 Å². The third-order valence-electron chi connectivity index (χ3n) is 5.19. The molecule has 26 heavy (non-hydrogen) atoms. The van der Waals surface area contributed by atoms with Gasteiger partial charge in [0, 0.05) is 0 Å². The second kappa shape index (κ2) is 9.69. The van der Waals surface area contributed by atoms with E-state index in [-0.39, 0.29) is 0 Å². The molecule has 0 aromatic heterocycles. The van der Waals surface area contributed by atoms with E-state index in [1.54, 1.807) is 0 Å². The van der Waals surface area contributed by atoms with Gasteiger partial charge in [0.1, 0.15) is 0 Å². The molecular weight excluding hydrogens is 440 g/mol. The molecule has 1 aliphatic rings. The van der Waals surface area contributed by atoms with Gasteiger partial charge in [-0.05, 0) is 0 Å². The first kappa shape index (κ1) is 20.3. The Bertz CT molecular complexity index is 768. The topological polar surface area (TPSA) is 26.0 Å². The number of fused-ring (bicyclic) bond motifs is 1. The fourth-order valence-electron chi connectivity index (χ4n) is 3.77. The quantitative estimate of drug-likeness (QED) is 0.411. The molecule has 2 N–H and O–H groups in total. The van der Waals surface area contributed by atoms with Gasteiger partial charge in [-0.1, -0.05) is 0 Å². The van der Waals surface area contributed by atoms with Crippen molar-refractivity contribution in [2.24, 2.45) is 5.73 Å². The van der Waals surface area contributed by atoms with Crippen molar-refractivity contribution in [3.05, 3.63) is 64.7 Å². The third-order valence-corrected chi connectivity index (χ3v) is 10.5. The fourth-order valence-corrected chi connectivity index (χ4v) is 9.26. The van der Waals surface area contributed by atoms with Crippen molar-refractivity contribution in [2.45, 2.75) is 49.2 Å². The van der Waals surface area contributed by atoms with Crippen molar-refractivity contribution in [3.63, 3.8) is 0 Å². The van der Waals surface area contributed by atoms with Crippen LogP contribution in [-0.2, 0) is 25.9 Å². The monoisotopic (exact) mass is 464 g/mol. The van der Waals surface area contributed by atoms with E-state index in [0.717, 1.165) is 12.0 Å². The number of nitrogens with two attached hydrogens (primary N) is 1. The van der Waals surface area contributed by atoms with Gasteiger partial charge in [-0.25, -0.2) is 0 Å². The number of hydrogen-bond donors (Lipinski definition) is 1. The zero-order valence-corrected chi connectivity index (χ0v) is 19.2. The maximum atomic E-state index is 6.59. The molecule has 0 spiro atoms. The molecule has 0 heterocycles. The van der Waals surface area contributed by atoms with Crippen molar-refractivity contribution in [1.82, 2.24) is 0 Å². The molecule has 1 unspecified atom stereocenters. The molecular formula is C22H26Cl2NZr. The predicted octanol–water partition coefficient (Wildman–Crippen LogP) is 7.15. The van der Waals surface area contributed by atoms with Crippen LogP contribution in [0, 0.1) is 0 Å². The van der Waals surface area contributed by atoms with Gasteiger partial charge in [0.2, 0.25) is 0 Å². The van der Waals surface area contributed by atoms with Crippen LogP contribution in [0.3, 0.4) is 0 Å². The molecule has 3 rings (SSSR count). The molecule has 2 aromatic rings. The Kier molecular flexibility index (Phi) is 7.58. The van der Waals surface area contributed by atoms with Crippen LogP contribution in [0.2, 0.25) is 0 Å². The first-order chi connectivity index (χ1) is 12.7. The average molecular weight is 467 g/mol. The van der Waals surface area contributed by atoms with Gasteiger partial charge in [-0.3, -0.25) is 0 Å². The van der Waals surface area contributed by atoms with Crippen LogP contribution < -0.4 is 5.73 Å². The van der Waals surface area contributed by atoms with E-state index in [4.69, 9.17) is 22.8 Å². The van der Waals surface area contributed by atoms with Crippen LogP contribution >= 0.6 is 17.0 Å². The van der Waals surface area contributed by atoms with E-state index >= 15 is 0 Å². The molecule has 0 amide bonds. The van der Waals surface area contributed by atoms with Crippen LogP contribution in [0.1, 0.15) is 59.3 Å².